The van der Waals surface area contributed by atoms with E-state index in [0.29, 0.717) is 12.0 Å². The SMILES string of the molecule is CC(C)[C@H]1O[C@@H]1c1ccc(CC(=O)O)cc1. The van der Waals surface area contributed by atoms with E-state index in [9.17, 15) is 4.79 Å². The maximum absolute atomic E-state index is 10.5. The third-order valence-corrected chi connectivity index (χ3v) is 2.85. The molecule has 1 aromatic rings. The minimum atomic E-state index is -0.796. The first kappa shape index (κ1) is 11.1. The van der Waals surface area contributed by atoms with Crippen molar-refractivity contribution in [2.75, 3.05) is 0 Å². The van der Waals surface area contributed by atoms with Crippen molar-refractivity contribution in [3.8, 4) is 0 Å². The Bertz CT molecular complexity index is 381. The van der Waals surface area contributed by atoms with Crippen molar-refractivity contribution in [2.45, 2.75) is 32.5 Å². The molecule has 1 N–H and O–H groups in total. The van der Waals surface area contributed by atoms with E-state index >= 15 is 0 Å². The predicted octanol–water partition coefficient (Wildman–Crippen LogP) is 2.41. The third-order valence-electron chi connectivity index (χ3n) is 2.85. The second-order valence-electron chi connectivity index (χ2n) is 4.58. The number of epoxide rings is 1. The molecule has 1 fully saturated rings. The van der Waals surface area contributed by atoms with Gasteiger partial charge in [-0.1, -0.05) is 38.1 Å². The fourth-order valence-electron chi connectivity index (χ4n) is 1.90. The summed E-state index contributed by atoms with van der Waals surface area (Å²) in [7, 11) is 0. The van der Waals surface area contributed by atoms with E-state index in [4.69, 9.17) is 9.84 Å². The van der Waals surface area contributed by atoms with Crippen LogP contribution in [0.15, 0.2) is 24.3 Å². The highest BCUT2D eigenvalue weighted by molar-refractivity contribution is 5.70. The Morgan fingerprint density at radius 2 is 2.00 bits per heavy atom. The Morgan fingerprint density at radius 3 is 2.44 bits per heavy atom. The molecular weight excluding hydrogens is 204 g/mol. The molecule has 0 saturated carbocycles. The van der Waals surface area contributed by atoms with Gasteiger partial charge >= 0.3 is 5.97 Å². The number of carboxylic acid groups (broad SMARTS) is 1. The lowest BCUT2D eigenvalue weighted by Gasteiger charge is -2.01. The molecule has 1 aromatic carbocycles. The van der Waals surface area contributed by atoms with E-state index in [1.54, 1.807) is 0 Å². The van der Waals surface area contributed by atoms with Gasteiger partial charge in [0, 0.05) is 0 Å². The van der Waals surface area contributed by atoms with Crippen molar-refractivity contribution >= 4 is 5.97 Å². The summed E-state index contributed by atoms with van der Waals surface area (Å²) in [5, 5.41) is 8.65. The Labute approximate surface area is 95.0 Å². The normalized spacial score (nSPS) is 23.4. The summed E-state index contributed by atoms with van der Waals surface area (Å²) in [6.45, 7) is 4.28. The second kappa shape index (κ2) is 4.26. The minimum absolute atomic E-state index is 0.0828. The van der Waals surface area contributed by atoms with E-state index in [0.717, 1.165) is 11.1 Å². The number of ether oxygens (including phenoxy) is 1. The number of aliphatic carboxylic acids is 1. The molecule has 0 aliphatic carbocycles. The zero-order chi connectivity index (χ0) is 11.7. The van der Waals surface area contributed by atoms with Crippen molar-refractivity contribution < 1.29 is 14.6 Å². The van der Waals surface area contributed by atoms with Gasteiger partial charge in [-0.05, 0) is 17.0 Å². The van der Waals surface area contributed by atoms with Crippen LogP contribution in [0.5, 0.6) is 0 Å². The van der Waals surface area contributed by atoms with Crippen molar-refractivity contribution in [1.82, 2.24) is 0 Å². The van der Waals surface area contributed by atoms with Gasteiger partial charge in [-0.15, -0.1) is 0 Å². The first-order valence-corrected chi connectivity index (χ1v) is 5.54. The molecule has 3 heteroatoms. The van der Waals surface area contributed by atoms with Crippen LogP contribution in [0.2, 0.25) is 0 Å². The quantitative estimate of drug-likeness (QED) is 0.793. The van der Waals surface area contributed by atoms with Crippen LogP contribution in [0.25, 0.3) is 0 Å². The number of benzene rings is 1. The Hall–Kier alpha value is -1.35. The molecule has 1 aliphatic rings. The van der Waals surface area contributed by atoms with Gasteiger partial charge in [-0.2, -0.15) is 0 Å². The molecule has 1 heterocycles. The van der Waals surface area contributed by atoms with Gasteiger partial charge < -0.3 is 9.84 Å². The molecule has 0 unspecified atom stereocenters. The zero-order valence-corrected chi connectivity index (χ0v) is 9.51. The molecule has 2 atom stereocenters. The summed E-state index contributed by atoms with van der Waals surface area (Å²) in [4.78, 5) is 10.5. The lowest BCUT2D eigenvalue weighted by molar-refractivity contribution is -0.136. The van der Waals surface area contributed by atoms with Crippen LogP contribution < -0.4 is 0 Å². The van der Waals surface area contributed by atoms with Gasteiger partial charge in [0.2, 0.25) is 0 Å². The highest BCUT2D eigenvalue weighted by atomic mass is 16.6. The predicted molar refractivity (Wildman–Crippen MR) is 60.2 cm³/mol. The first-order valence-electron chi connectivity index (χ1n) is 5.54. The number of rotatable bonds is 4. The topological polar surface area (TPSA) is 49.8 Å². The van der Waals surface area contributed by atoms with E-state index in [1.807, 2.05) is 24.3 Å². The number of carboxylic acids is 1. The van der Waals surface area contributed by atoms with Crippen LogP contribution in [0.3, 0.4) is 0 Å². The second-order valence-corrected chi connectivity index (χ2v) is 4.58. The van der Waals surface area contributed by atoms with Crippen molar-refractivity contribution in [1.29, 1.82) is 0 Å². The molecule has 1 aliphatic heterocycles. The Balaban J connectivity index is 2.01. The Morgan fingerprint density at radius 1 is 1.38 bits per heavy atom. The van der Waals surface area contributed by atoms with Crippen molar-refractivity contribution in [3.63, 3.8) is 0 Å². The lowest BCUT2D eigenvalue weighted by Crippen LogP contribution is -2.01. The van der Waals surface area contributed by atoms with Crippen LogP contribution in [0, 0.1) is 5.92 Å². The van der Waals surface area contributed by atoms with Gasteiger partial charge in [-0.25, -0.2) is 0 Å². The molecule has 0 amide bonds. The highest BCUT2D eigenvalue weighted by Gasteiger charge is 2.41. The summed E-state index contributed by atoms with van der Waals surface area (Å²) < 4.78 is 5.57. The standard InChI is InChI=1S/C13H16O3/c1-8(2)12-13(16-12)10-5-3-9(4-6-10)7-11(14)15/h3-6,8,12-13H,7H2,1-2H3,(H,14,15)/t12-,13-/m1/s1. The van der Waals surface area contributed by atoms with E-state index in [2.05, 4.69) is 13.8 Å². The maximum atomic E-state index is 10.5. The van der Waals surface area contributed by atoms with Gasteiger partial charge in [0.05, 0.1) is 12.5 Å². The molecule has 1 saturated heterocycles. The van der Waals surface area contributed by atoms with Gasteiger partial charge in [-0.3, -0.25) is 4.79 Å². The molecule has 0 radical (unpaired) electrons. The van der Waals surface area contributed by atoms with E-state index < -0.39 is 5.97 Å². The largest absolute Gasteiger partial charge is 0.481 e. The fraction of sp³-hybridized carbons (Fsp3) is 0.462. The highest BCUT2D eigenvalue weighted by Crippen LogP contribution is 2.42. The van der Waals surface area contributed by atoms with Crippen LogP contribution in [0.4, 0.5) is 0 Å². The molecule has 0 spiro atoms. The molecular formula is C13H16O3. The van der Waals surface area contributed by atoms with Gasteiger partial charge in [0.25, 0.3) is 0 Å². The maximum Gasteiger partial charge on any atom is 0.307 e. The molecule has 86 valence electrons. The summed E-state index contributed by atoms with van der Waals surface area (Å²) in [6, 6.07) is 7.65. The molecule has 3 nitrogen and oxygen atoms in total. The number of carbonyl (C=O) groups is 1. The van der Waals surface area contributed by atoms with Gasteiger partial charge in [0.1, 0.15) is 6.10 Å². The van der Waals surface area contributed by atoms with Crippen LogP contribution in [0.1, 0.15) is 31.1 Å². The first-order chi connectivity index (χ1) is 7.58. The van der Waals surface area contributed by atoms with E-state index in [-0.39, 0.29) is 12.5 Å². The number of hydrogen-bond acceptors (Lipinski definition) is 2. The van der Waals surface area contributed by atoms with Crippen LogP contribution in [-0.4, -0.2) is 17.2 Å². The summed E-state index contributed by atoms with van der Waals surface area (Å²) in [5.74, 6) is -0.265. The summed E-state index contributed by atoms with van der Waals surface area (Å²) in [5.41, 5.74) is 1.98. The molecule has 0 aromatic heterocycles. The average Bonchev–Trinajstić information content (AvgIpc) is 2.97. The summed E-state index contributed by atoms with van der Waals surface area (Å²) in [6.07, 6.45) is 0.614. The van der Waals surface area contributed by atoms with Crippen LogP contribution in [-0.2, 0) is 16.0 Å². The molecule has 0 bridgehead atoms. The smallest absolute Gasteiger partial charge is 0.307 e. The minimum Gasteiger partial charge on any atom is -0.481 e. The summed E-state index contributed by atoms with van der Waals surface area (Å²) >= 11 is 0. The number of hydrogen-bond donors (Lipinski definition) is 1. The van der Waals surface area contributed by atoms with Crippen molar-refractivity contribution in [2.24, 2.45) is 5.92 Å². The molecule has 16 heavy (non-hydrogen) atoms. The lowest BCUT2D eigenvalue weighted by atomic mass is 10.0. The van der Waals surface area contributed by atoms with Crippen molar-refractivity contribution in [3.05, 3.63) is 35.4 Å². The zero-order valence-electron chi connectivity index (χ0n) is 9.51. The Kier molecular flexibility index (Phi) is 2.97. The fourth-order valence-corrected chi connectivity index (χ4v) is 1.90. The van der Waals surface area contributed by atoms with Crippen LogP contribution >= 0.6 is 0 Å². The average molecular weight is 220 g/mol. The third kappa shape index (κ3) is 2.42. The monoisotopic (exact) mass is 220 g/mol. The van der Waals surface area contributed by atoms with Gasteiger partial charge in [0.15, 0.2) is 0 Å². The van der Waals surface area contributed by atoms with E-state index in [1.165, 1.54) is 0 Å². The molecule has 2 rings (SSSR count).